The number of esters is 1. The van der Waals surface area contributed by atoms with Gasteiger partial charge in [0.1, 0.15) is 5.76 Å². The topological polar surface area (TPSA) is 52.6 Å². The van der Waals surface area contributed by atoms with E-state index in [4.69, 9.17) is 9.47 Å². The molecule has 0 aliphatic heterocycles. The van der Waals surface area contributed by atoms with E-state index < -0.39 is 5.41 Å². The van der Waals surface area contributed by atoms with Crippen LogP contribution in [0.3, 0.4) is 0 Å². The van der Waals surface area contributed by atoms with Gasteiger partial charge in [0, 0.05) is 18.9 Å². The van der Waals surface area contributed by atoms with E-state index in [1.807, 2.05) is 20.8 Å². The fourth-order valence-corrected chi connectivity index (χ4v) is 5.64. The van der Waals surface area contributed by atoms with Crippen LogP contribution < -0.4 is 0 Å². The standard InChI is InChI=1S/C30H42O4/c1-18-13-19(2)26(20(3)14-18)27-25(34-29(32)30(4,5)6)16-23(28(27)31)15-21-9-11-24(12-10-21)33-17-22-7-8-22/h13-14,21-24H,7-12,15-17H2,1-6H3. The molecule has 1 atom stereocenters. The Hall–Kier alpha value is -1.94. The number of ketones is 1. The normalized spacial score (nSPS) is 25.7. The van der Waals surface area contributed by atoms with Crippen LogP contribution in [0, 0.1) is 43.9 Å². The summed E-state index contributed by atoms with van der Waals surface area (Å²) in [4.78, 5) is 26.6. The summed E-state index contributed by atoms with van der Waals surface area (Å²) in [6, 6.07) is 4.23. The summed E-state index contributed by atoms with van der Waals surface area (Å²) in [6.45, 7) is 12.7. The van der Waals surface area contributed by atoms with Crippen LogP contribution in [0.15, 0.2) is 17.9 Å². The Bertz CT molecular complexity index is 945. The summed E-state index contributed by atoms with van der Waals surface area (Å²) in [5.41, 5.74) is 4.29. The number of ether oxygens (including phenoxy) is 2. The van der Waals surface area contributed by atoms with Crippen molar-refractivity contribution < 1.29 is 19.1 Å². The molecule has 2 fully saturated rings. The molecule has 1 aromatic carbocycles. The van der Waals surface area contributed by atoms with Gasteiger partial charge in [-0.05, 0) is 115 Å². The van der Waals surface area contributed by atoms with Crippen molar-refractivity contribution in [2.75, 3.05) is 6.61 Å². The molecule has 3 aliphatic rings. The molecule has 0 saturated heterocycles. The van der Waals surface area contributed by atoms with Gasteiger partial charge in [-0.1, -0.05) is 17.7 Å². The molecule has 0 heterocycles. The van der Waals surface area contributed by atoms with Gasteiger partial charge in [-0.3, -0.25) is 9.59 Å². The predicted octanol–water partition coefficient (Wildman–Crippen LogP) is 6.88. The molecule has 3 aliphatic carbocycles. The summed E-state index contributed by atoms with van der Waals surface area (Å²) >= 11 is 0. The quantitative estimate of drug-likeness (QED) is 0.411. The highest BCUT2D eigenvalue weighted by Gasteiger charge is 2.40. The first-order valence-electron chi connectivity index (χ1n) is 13.2. The molecular formula is C30H42O4. The molecule has 0 N–H and O–H groups in total. The third-order valence-electron chi connectivity index (χ3n) is 7.76. The maximum Gasteiger partial charge on any atom is 0.316 e. The molecule has 186 valence electrons. The molecular weight excluding hydrogens is 424 g/mol. The SMILES string of the molecule is Cc1cc(C)c(C2=C(OC(=O)C(C)(C)C)CC(CC3CCC(OCC4CC4)CC3)C2=O)c(C)c1. The minimum absolute atomic E-state index is 0.105. The average molecular weight is 467 g/mol. The van der Waals surface area contributed by atoms with Crippen LogP contribution in [0.4, 0.5) is 0 Å². The van der Waals surface area contributed by atoms with Gasteiger partial charge in [-0.15, -0.1) is 0 Å². The Morgan fingerprint density at radius 1 is 0.941 bits per heavy atom. The Morgan fingerprint density at radius 3 is 2.09 bits per heavy atom. The first-order valence-corrected chi connectivity index (χ1v) is 13.2. The third-order valence-corrected chi connectivity index (χ3v) is 7.76. The largest absolute Gasteiger partial charge is 0.430 e. The average Bonchev–Trinajstić information content (AvgIpc) is 3.53. The Kier molecular flexibility index (Phi) is 7.38. The maximum absolute atomic E-state index is 13.8. The smallest absolute Gasteiger partial charge is 0.316 e. The molecule has 2 saturated carbocycles. The number of Topliss-reactive ketones (excluding diaryl/α,β-unsaturated/α-hetero) is 1. The molecule has 0 spiro atoms. The second-order valence-corrected chi connectivity index (χ2v) is 12.1. The van der Waals surface area contributed by atoms with Crippen molar-refractivity contribution in [2.24, 2.45) is 23.2 Å². The molecule has 0 amide bonds. The van der Waals surface area contributed by atoms with Crippen LogP contribution in [-0.4, -0.2) is 24.5 Å². The van der Waals surface area contributed by atoms with Crippen molar-refractivity contribution in [3.63, 3.8) is 0 Å². The Labute approximate surface area is 205 Å². The second kappa shape index (κ2) is 9.97. The number of hydrogen-bond donors (Lipinski definition) is 0. The van der Waals surface area contributed by atoms with E-state index in [0.29, 0.717) is 29.8 Å². The van der Waals surface area contributed by atoms with E-state index in [-0.39, 0.29) is 17.7 Å². The minimum Gasteiger partial charge on any atom is -0.430 e. The van der Waals surface area contributed by atoms with Crippen molar-refractivity contribution in [1.82, 2.24) is 0 Å². The summed E-state index contributed by atoms with van der Waals surface area (Å²) < 4.78 is 12.1. The number of carbonyl (C=O) groups is 2. The lowest BCUT2D eigenvalue weighted by Gasteiger charge is -2.30. The van der Waals surface area contributed by atoms with Gasteiger partial charge < -0.3 is 9.47 Å². The van der Waals surface area contributed by atoms with E-state index in [9.17, 15) is 9.59 Å². The summed E-state index contributed by atoms with van der Waals surface area (Å²) in [6.07, 6.45) is 8.89. The maximum atomic E-state index is 13.8. The van der Waals surface area contributed by atoms with Crippen molar-refractivity contribution in [1.29, 1.82) is 0 Å². The van der Waals surface area contributed by atoms with Gasteiger partial charge in [0.25, 0.3) is 0 Å². The Balaban J connectivity index is 1.49. The number of allylic oxidation sites excluding steroid dienone is 2. The van der Waals surface area contributed by atoms with Crippen LogP contribution in [-0.2, 0) is 19.1 Å². The van der Waals surface area contributed by atoms with Gasteiger partial charge in [0.15, 0.2) is 5.78 Å². The zero-order chi connectivity index (χ0) is 24.6. The lowest BCUT2D eigenvalue weighted by molar-refractivity contribution is -0.148. The second-order valence-electron chi connectivity index (χ2n) is 12.1. The van der Waals surface area contributed by atoms with Gasteiger partial charge in [-0.2, -0.15) is 0 Å². The van der Waals surface area contributed by atoms with Gasteiger partial charge in [0.05, 0.1) is 17.1 Å². The molecule has 0 radical (unpaired) electrons. The van der Waals surface area contributed by atoms with Crippen molar-refractivity contribution in [3.05, 3.63) is 40.1 Å². The van der Waals surface area contributed by atoms with Crippen LogP contribution in [0.1, 0.15) is 94.4 Å². The lowest BCUT2D eigenvalue weighted by Crippen LogP contribution is -2.25. The van der Waals surface area contributed by atoms with E-state index in [2.05, 4.69) is 32.9 Å². The van der Waals surface area contributed by atoms with Gasteiger partial charge >= 0.3 is 5.97 Å². The molecule has 4 heteroatoms. The molecule has 4 rings (SSSR count). The first kappa shape index (κ1) is 25.2. The number of aryl methyl sites for hydroxylation is 3. The summed E-state index contributed by atoms with van der Waals surface area (Å²) in [7, 11) is 0. The van der Waals surface area contributed by atoms with Crippen molar-refractivity contribution in [3.8, 4) is 0 Å². The minimum atomic E-state index is -0.616. The van der Waals surface area contributed by atoms with Crippen molar-refractivity contribution >= 4 is 17.3 Å². The molecule has 0 aromatic heterocycles. The monoisotopic (exact) mass is 466 g/mol. The summed E-state index contributed by atoms with van der Waals surface area (Å²) in [5.74, 6) is 1.69. The third kappa shape index (κ3) is 5.82. The summed E-state index contributed by atoms with van der Waals surface area (Å²) in [5, 5.41) is 0. The Morgan fingerprint density at radius 2 is 1.53 bits per heavy atom. The highest BCUT2D eigenvalue weighted by atomic mass is 16.5. The molecule has 4 nitrogen and oxygen atoms in total. The van der Waals surface area contributed by atoms with Crippen molar-refractivity contribution in [2.45, 2.75) is 99.0 Å². The number of rotatable bonds is 7. The lowest BCUT2D eigenvalue weighted by atomic mass is 9.80. The highest BCUT2D eigenvalue weighted by molar-refractivity contribution is 6.25. The van der Waals surface area contributed by atoms with Crippen LogP contribution in [0.5, 0.6) is 0 Å². The molecule has 34 heavy (non-hydrogen) atoms. The number of carbonyl (C=O) groups excluding carboxylic acids is 2. The number of benzene rings is 1. The van der Waals surface area contributed by atoms with Crippen LogP contribution in [0.2, 0.25) is 0 Å². The van der Waals surface area contributed by atoms with Gasteiger partial charge in [0.2, 0.25) is 0 Å². The highest BCUT2D eigenvalue weighted by Crippen LogP contribution is 2.43. The van der Waals surface area contributed by atoms with Crippen LogP contribution >= 0.6 is 0 Å². The van der Waals surface area contributed by atoms with E-state index >= 15 is 0 Å². The van der Waals surface area contributed by atoms with Gasteiger partial charge in [-0.25, -0.2) is 0 Å². The molecule has 1 unspecified atom stereocenters. The molecule has 0 bridgehead atoms. The van der Waals surface area contributed by atoms with E-state index in [1.165, 1.54) is 18.4 Å². The fraction of sp³-hybridized carbons (Fsp3) is 0.667. The predicted molar refractivity (Wildman–Crippen MR) is 135 cm³/mol. The first-order chi connectivity index (χ1) is 16.0. The van der Waals surface area contributed by atoms with E-state index in [0.717, 1.165) is 61.3 Å². The zero-order valence-corrected chi connectivity index (χ0v) is 22.0. The zero-order valence-electron chi connectivity index (χ0n) is 22.0. The molecule has 1 aromatic rings. The van der Waals surface area contributed by atoms with E-state index in [1.54, 1.807) is 0 Å². The van der Waals surface area contributed by atoms with Crippen LogP contribution in [0.25, 0.3) is 5.57 Å². The fourth-order valence-electron chi connectivity index (χ4n) is 5.64. The number of hydrogen-bond acceptors (Lipinski definition) is 4.